The summed E-state index contributed by atoms with van der Waals surface area (Å²) in [4.78, 5) is 0. The standard InChI is InChI=1S/C12H20F2N2O2S/c13-11-4-5-12(14)10(9-11)3-1-7-16-19(17,18)8-2-6-15/h4,9,12,16H,1-3,5-8,15H2. The fourth-order valence-corrected chi connectivity index (χ4v) is 2.93. The Morgan fingerprint density at radius 2 is 2.16 bits per heavy atom. The molecule has 1 unspecified atom stereocenters. The van der Waals surface area contributed by atoms with Crippen LogP contribution in [-0.4, -0.2) is 33.4 Å². The van der Waals surface area contributed by atoms with Gasteiger partial charge in [-0.25, -0.2) is 21.9 Å². The van der Waals surface area contributed by atoms with Crippen LogP contribution in [0.1, 0.15) is 25.7 Å². The monoisotopic (exact) mass is 294 g/mol. The molecule has 7 heteroatoms. The van der Waals surface area contributed by atoms with E-state index in [-0.39, 0.29) is 18.7 Å². The molecule has 110 valence electrons. The van der Waals surface area contributed by atoms with Crippen LogP contribution in [-0.2, 0) is 10.0 Å². The van der Waals surface area contributed by atoms with Crippen molar-refractivity contribution in [2.45, 2.75) is 31.9 Å². The van der Waals surface area contributed by atoms with E-state index >= 15 is 0 Å². The van der Waals surface area contributed by atoms with Crippen LogP contribution in [0.4, 0.5) is 8.78 Å². The van der Waals surface area contributed by atoms with Crippen LogP contribution < -0.4 is 10.5 Å². The zero-order valence-corrected chi connectivity index (χ0v) is 11.6. The van der Waals surface area contributed by atoms with Crippen LogP contribution in [0.3, 0.4) is 0 Å². The van der Waals surface area contributed by atoms with Crippen molar-refractivity contribution in [3.05, 3.63) is 23.6 Å². The molecule has 0 radical (unpaired) electrons. The predicted molar refractivity (Wildman–Crippen MR) is 71.5 cm³/mol. The van der Waals surface area contributed by atoms with Crippen LogP contribution in [0.15, 0.2) is 23.6 Å². The first-order valence-electron chi connectivity index (χ1n) is 6.32. The topological polar surface area (TPSA) is 72.2 Å². The number of nitrogens with two attached hydrogens (primary N) is 1. The van der Waals surface area contributed by atoms with Gasteiger partial charge in [-0.1, -0.05) is 0 Å². The molecule has 1 rings (SSSR count). The molecule has 0 heterocycles. The Morgan fingerprint density at radius 3 is 2.84 bits per heavy atom. The van der Waals surface area contributed by atoms with Gasteiger partial charge in [0.25, 0.3) is 0 Å². The highest BCUT2D eigenvalue weighted by molar-refractivity contribution is 7.89. The number of alkyl halides is 1. The smallest absolute Gasteiger partial charge is 0.211 e. The summed E-state index contributed by atoms with van der Waals surface area (Å²) in [7, 11) is -3.30. The van der Waals surface area contributed by atoms with Gasteiger partial charge in [-0.15, -0.1) is 0 Å². The van der Waals surface area contributed by atoms with Gasteiger partial charge < -0.3 is 5.73 Å². The van der Waals surface area contributed by atoms with Gasteiger partial charge >= 0.3 is 0 Å². The summed E-state index contributed by atoms with van der Waals surface area (Å²) in [5.74, 6) is -0.428. The van der Waals surface area contributed by atoms with E-state index in [9.17, 15) is 17.2 Å². The Bertz CT molecular complexity index is 447. The Hall–Kier alpha value is -0.790. The SMILES string of the molecule is NCCCS(=O)(=O)NCCCC1=CC(F)=CCC1F. The molecule has 1 aliphatic carbocycles. The van der Waals surface area contributed by atoms with Crippen molar-refractivity contribution >= 4 is 10.0 Å². The second-order valence-corrected chi connectivity index (χ2v) is 6.40. The van der Waals surface area contributed by atoms with Crippen molar-refractivity contribution in [1.82, 2.24) is 4.72 Å². The average molecular weight is 294 g/mol. The molecule has 19 heavy (non-hydrogen) atoms. The first-order chi connectivity index (χ1) is 8.94. The molecule has 4 nitrogen and oxygen atoms in total. The molecule has 0 aromatic heterocycles. The van der Waals surface area contributed by atoms with Crippen LogP contribution in [0.2, 0.25) is 0 Å². The van der Waals surface area contributed by atoms with E-state index in [0.29, 0.717) is 31.4 Å². The third-order valence-electron chi connectivity index (χ3n) is 2.83. The van der Waals surface area contributed by atoms with Crippen molar-refractivity contribution in [2.24, 2.45) is 5.73 Å². The highest BCUT2D eigenvalue weighted by Gasteiger charge is 2.17. The molecule has 1 atom stereocenters. The van der Waals surface area contributed by atoms with Crippen molar-refractivity contribution < 1.29 is 17.2 Å². The molecule has 0 amide bonds. The fourth-order valence-electron chi connectivity index (χ4n) is 1.79. The number of sulfonamides is 1. The van der Waals surface area contributed by atoms with Crippen LogP contribution >= 0.6 is 0 Å². The van der Waals surface area contributed by atoms with E-state index in [2.05, 4.69) is 4.72 Å². The Morgan fingerprint density at radius 1 is 1.42 bits per heavy atom. The lowest BCUT2D eigenvalue weighted by Crippen LogP contribution is -2.28. The maximum atomic E-state index is 13.4. The van der Waals surface area contributed by atoms with Crippen LogP contribution in [0.5, 0.6) is 0 Å². The highest BCUT2D eigenvalue weighted by atomic mass is 32.2. The van der Waals surface area contributed by atoms with Crippen LogP contribution in [0, 0.1) is 0 Å². The first-order valence-corrected chi connectivity index (χ1v) is 7.97. The Labute approximate surface area is 112 Å². The van der Waals surface area contributed by atoms with Crippen molar-refractivity contribution in [3.8, 4) is 0 Å². The highest BCUT2D eigenvalue weighted by Crippen LogP contribution is 2.24. The third kappa shape index (κ3) is 6.26. The van der Waals surface area contributed by atoms with Gasteiger partial charge in [-0.3, -0.25) is 0 Å². The lowest BCUT2D eigenvalue weighted by molar-refractivity contribution is 0.366. The van der Waals surface area contributed by atoms with Crippen molar-refractivity contribution in [1.29, 1.82) is 0 Å². The van der Waals surface area contributed by atoms with Gasteiger partial charge in [0.2, 0.25) is 10.0 Å². The summed E-state index contributed by atoms with van der Waals surface area (Å²) < 4.78 is 51.6. The minimum absolute atomic E-state index is 0.00466. The maximum Gasteiger partial charge on any atom is 0.211 e. The van der Waals surface area contributed by atoms with Gasteiger partial charge in [-0.2, -0.15) is 0 Å². The molecule has 3 N–H and O–H groups in total. The van der Waals surface area contributed by atoms with Gasteiger partial charge in [0.05, 0.1) is 5.75 Å². The molecule has 0 saturated carbocycles. The number of hydrogen-bond acceptors (Lipinski definition) is 3. The van der Waals surface area contributed by atoms with E-state index in [4.69, 9.17) is 5.73 Å². The third-order valence-corrected chi connectivity index (χ3v) is 4.30. The molecule has 0 saturated heterocycles. The first kappa shape index (κ1) is 16.3. The summed E-state index contributed by atoms with van der Waals surface area (Å²) in [5, 5.41) is 0. The second-order valence-electron chi connectivity index (χ2n) is 4.47. The van der Waals surface area contributed by atoms with E-state index in [0.717, 1.165) is 0 Å². The largest absolute Gasteiger partial charge is 0.330 e. The molecule has 0 fully saturated rings. The number of nitrogens with one attached hydrogen (secondary N) is 1. The van der Waals surface area contributed by atoms with Gasteiger partial charge in [0.1, 0.15) is 12.0 Å². The Kier molecular flexibility index (Phi) is 6.60. The number of allylic oxidation sites excluding steroid dienone is 4. The molecule has 0 aromatic carbocycles. The van der Waals surface area contributed by atoms with E-state index in [1.54, 1.807) is 0 Å². The summed E-state index contributed by atoms with van der Waals surface area (Å²) in [5.41, 5.74) is 5.62. The molecule has 0 aromatic rings. The Balaban J connectivity index is 2.29. The molecule has 0 aliphatic heterocycles. The van der Waals surface area contributed by atoms with Gasteiger partial charge in [0, 0.05) is 13.0 Å². The molecular formula is C12H20F2N2O2S. The molecule has 0 bridgehead atoms. The molecule has 1 aliphatic rings. The lowest BCUT2D eigenvalue weighted by Gasteiger charge is -2.15. The van der Waals surface area contributed by atoms with Crippen molar-refractivity contribution in [3.63, 3.8) is 0 Å². The predicted octanol–water partition coefficient (Wildman–Crippen LogP) is 1.56. The summed E-state index contributed by atoms with van der Waals surface area (Å²) in [6.45, 7) is 0.547. The minimum Gasteiger partial charge on any atom is -0.330 e. The quantitative estimate of drug-likeness (QED) is 0.667. The van der Waals surface area contributed by atoms with Crippen molar-refractivity contribution in [2.75, 3.05) is 18.8 Å². The van der Waals surface area contributed by atoms with E-state index in [1.165, 1.54) is 12.2 Å². The second kappa shape index (κ2) is 7.72. The maximum absolute atomic E-state index is 13.4. The summed E-state index contributed by atoms with van der Waals surface area (Å²) in [6.07, 6.45) is 2.50. The summed E-state index contributed by atoms with van der Waals surface area (Å²) >= 11 is 0. The minimum atomic E-state index is -3.30. The lowest BCUT2D eigenvalue weighted by atomic mass is 9.98. The van der Waals surface area contributed by atoms with Crippen LogP contribution in [0.25, 0.3) is 0 Å². The zero-order chi connectivity index (χ0) is 14.3. The number of rotatable bonds is 8. The number of hydrogen-bond donors (Lipinski definition) is 2. The average Bonchev–Trinajstić information content (AvgIpc) is 2.36. The van der Waals surface area contributed by atoms with Gasteiger partial charge in [-0.05, 0) is 43.5 Å². The fraction of sp³-hybridized carbons (Fsp3) is 0.667. The zero-order valence-electron chi connectivity index (χ0n) is 10.7. The van der Waals surface area contributed by atoms with Gasteiger partial charge in [0.15, 0.2) is 0 Å². The van der Waals surface area contributed by atoms with E-state index < -0.39 is 22.0 Å². The molecule has 0 spiro atoms. The number of halogens is 2. The molecular weight excluding hydrogens is 274 g/mol. The summed E-state index contributed by atoms with van der Waals surface area (Å²) in [6, 6.07) is 0. The normalized spacial score (nSPS) is 20.1. The van der Waals surface area contributed by atoms with E-state index in [1.807, 2.05) is 0 Å².